The predicted molar refractivity (Wildman–Crippen MR) is 77.7 cm³/mol. The van der Waals surface area contributed by atoms with Gasteiger partial charge in [-0.15, -0.1) is 0 Å². The van der Waals surface area contributed by atoms with E-state index in [4.69, 9.17) is 4.74 Å². The van der Waals surface area contributed by atoms with Crippen molar-refractivity contribution in [1.82, 2.24) is 0 Å². The molecule has 1 aromatic rings. The minimum Gasteiger partial charge on any atom is -1.00 e. The molecule has 0 heterocycles. The van der Waals surface area contributed by atoms with Crippen molar-refractivity contribution in [3.05, 3.63) is 35.9 Å². The van der Waals surface area contributed by atoms with E-state index >= 15 is 0 Å². The molecule has 2 unspecified atom stereocenters. The Labute approximate surface area is 139 Å². The van der Waals surface area contributed by atoms with Crippen LogP contribution in [0, 0.1) is 0 Å². The van der Waals surface area contributed by atoms with Gasteiger partial charge in [-0.25, -0.2) is 0 Å². The van der Waals surface area contributed by atoms with E-state index in [9.17, 15) is 4.79 Å². The molecule has 3 nitrogen and oxygen atoms in total. The molecule has 0 aliphatic heterocycles. The standard InChI is InChI=1S/C16H26NO2.HI/c1-6-12-17(4,5)13(2)16(19-14(3)18)15-10-8-7-9-11-15;/h7-11,13,16H,6,12H2,1-5H3;1H/q+1;/p-1. The van der Waals surface area contributed by atoms with Crippen LogP contribution in [0.25, 0.3) is 0 Å². The van der Waals surface area contributed by atoms with Crippen LogP contribution in [0.1, 0.15) is 38.9 Å². The fraction of sp³-hybridized carbons (Fsp3) is 0.562. The number of likely N-dealkylation sites (N-methyl/N-ethyl adjacent to an activating group) is 1. The Balaban J connectivity index is 0.00000361. The predicted octanol–water partition coefficient (Wildman–Crippen LogP) is 0.170. The average molecular weight is 391 g/mol. The fourth-order valence-electron chi connectivity index (χ4n) is 2.41. The molecule has 0 N–H and O–H groups in total. The van der Waals surface area contributed by atoms with Crippen molar-refractivity contribution >= 4 is 5.97 Å². The summed E-state index contributed by atoms with van der Waals surface area (Å²) in [6.45, 7) is 6.86. The van der Waals surface area contributed by atoms with Crippen LogP contribution in [-0.4, -0.2) is 37.1 Å². The fourth-order valence-corrected chi connectivity index (χ4v) is 2.41. The number of carbonyl (C=O) groups is 1. The molecular formula is C16H26INO2. The maximum atomic E-state index is 11.4. The van der Waals surface area contributed by atoms with Crippen molar-refractivity contribution in [2.24, 2.45) is 0 Å². The highest BCUT2D eigenvalue weighted by Gasteiger charge is 2.34. The summed E-state index contributed by atoms with van der Waals surface area (Å²) in [5.41, 5.74) is 1.06. The summed E-state index contributed by atoms with van der Waals surface area (Å²) in [6.07, 6.45) is 0.916. The Morgan fingerprint density at radius 3 is 2.25 bits per heavy atom. The number of rotatable bonds is 6. The first-order chi connectivity index (χ1) is 8.88. The van der Waals surface area contributed by atoms with Gasteiger partial charge in [-0.1, -0.05) is 37.3 Å². The van der Waals surface area contributed by atoms with Gasteiger partial charge in [-0.05, 0) is 18.9 Å². The summed E-state index contributed by atoms with van der Waals surface area (Å²) in [4.78, 5) is 11.4. The Kier molecular flexibility index (Phi) is 8.35. The first kappa shape index (κ1) is 19.4. The zero-order valence-electron chi connectivity index (χ0n) is 13.1. The molecule has 0 spiro atoms. The van der Waals surface area contributed by atoms with E-state index < -0.39 is 0 Å². The molecule has 0 bridgehead atoms. The lowest BCUT2D eigenvalue weighted by Gasteiger charge is -2.39. The molecule has 114 valence electrons. The van der Waals surface area contributed by atoms with Crippen LogP contribution < -0.4 is 24.0 Å². The summed E-state index contributed by atoms with van der Waals surface area (Å²) >= 11 is 0. The maximum Gasteiger partial charge on any atom is 0.303 e. The molecule has 0 amide bonds. The van der Waals surface area contributed by atoms with Crippen LogP contribution >= 0.6 is 0 Å². The molecule has 1 aromatic carbocycles. The first-order valence-corrected chi connectivity index (χ1v) is 6.93. The Morgan fingerprint density at radius 2 is 1.80 bits per heavy atom. The molecule has 20 heavy (non-hydrogen) atoms. The minimum atomic E-state index is -0.225. The van der Waals surface area contributed by atoms with E-state index in [1.165, 1.54) is 6.92 Å². The van der Waals surface area contributed by atoms with E-state index in [1.54, 1.807) is 0 Å². The molecule has 2 atom stereocenters. The second kappa shape index (κ2) is 8.62. The lowest BCUT2D eigenvalue weighted by molar-refractivity contribution is -0.917. The zero-order valence-corrected chi connectivity index (χ0v) is 15.3. The zero-order chi connectivity index (χ0) is 14.5. The van der Waals surface area contributed by atoms with Crippen LogP contribution in [0.4, 0.5) is 0 Å². The van der Waals surface area contributed by atoms with Gasteiger partial charge in [-0.3, -0.25) is 4.79 Å². The Morgan fingerprint density at radius 1 is 1.25 bits per heavy atom. The summed E-state index contributed by atoms with van der Waals surface area (Å²) < 4.78 is 6.41. The topological polar surface area (TPSA) is 26.3 Å². The second-order valence-corrected chi connectivity index (χ2v) is 5.68. The molecule has 0 aliphatic rings. The van der Waals surface area contributed by atoms with Crippen molar-refractivity contribution in [2.75, 3.05) is 20.6 Å². The molecule has 0 fully saturated rings. The van der Waals surface area contributed by atoms with Crippen molar-refractivity contribution in [3.8, 4) is 0 Å². The molecule has 4 heteroatoms. The van der Waals surface area contributed by atoms with Crippen LogP contribution in [0.15, 0.2) is 30.3 Å². The van der Waals surface area contributed by atoms with Crippen molar-refractivity contribution in [3.63, 3.8) is 0 Å². The van der Waals surface area contributed by atoms with Crippen molar-refractivity contribution < 1.29 is 38.0 Å². The molecule has 0 radical (unpaired) electrons. The van der Waals surface area contributed by atoms with E-state index in [0.29, 0.717) is 0 Å². The lowest BCUT2D eigenvalue weighted by Crippen LogP contribution is -3.00. The van der Waals surface area contributed by atoms with E-state index in [-0.39, 0.29) is 42.1 Å². The Hall–Kier alpha value is -0.620. The lowest BCUT2D eigenvalue weighted by atomic mass is 10.0. The van der Waals surface area contributed by atoms with Crippen LogP contribution in [0.5, 0.6) is 0 Å². The van der Waals surface area contributed by atoms with E-state index in [2.05, 4.69) is 27.9 Å². The third-order valence-electron chi connectivity index (χ3n) is 3.76. The normalized spacial score (nSPS) is 14.1. The second-order valence-electron chi connectivity index (χ2n) is 5.68. The molecule has 0 aromatic heterocycles. The first-order valence-electron chi connectivity index (χ1n) is 6.93. The number of halogens is 1. The summed E-state index contributed by atoms with van der Waals surface area (Å²) in [6, 6.07) is 10.2. The molecule has 0 saturated heterocycles. The molecular weight excluding hydrogens is 365 g/mol. The van der Waals surface area contributed by atoms with Gasteiger partial charge < -0.3 is 33.2 Å². The van der Waals surface area contributed by atoms with E-state index in [1.807, 2.05) is 30.3 Å². The summed E-state index contributed by atoms with van der Waals surface area (Å²) in [5.74, 6) is -0.225. The van der Waals surface area contributed by atoms with Crippen LogP contribution in [0.3, 0.4) is 0 Å². The number of esters is 1. The van der Waals surface area contributed by atoms with Gasteiger partial charge in [0.05, 0.1) is 20.6 Å². The molecule has 1 rings (SSSR count). The van der Waals surface area contributed by atoms with Crippen LogP contribution in [-0.2, 0) is 9.53 Å². The number of nitrogens with zero attached hydrogens (tertiary/aromatic N) is 1. The van der Waals surface area contributed by atoms with Crippen molar-refractivity contribution in [2.45, 2.75) is 39.3 Å². The van der Waals surface area contributed by atoms with Crippen molar-refractivity contribution in [1.29, 1.82) is 0 Å². The van der Waals surface area contributed by atoms with Gasteiger partial charge in [0.1, 0.15) is 6.04 Å². The smallest absolute Gasteiger partial charge is 0.303 e. The van der Waals surface area contributed by atoms with E-state index in [0.717, 1.165) is 23.0 Å². The molecule has 0 aliphatic carbocycles. The quantitative estimate of drug-likeness (QED) is 0.393. The highest BCUT2D eigenvalue weighted by atomic mass is 127. The maximum absolute atomic E-state index is 11.4. The monoisotopic (exact) mass is 391 g/mol. The number of quaternary nitrogens is 1. The van der Waals surface area contributed by atoms with Gasteiger partial charge >= 0.3 is 5.97 Å². The third kappa shape index (κ3) is 5.40. The van der Waals surface area contributed by atoms with Gasteiger partial charge in [-0.2, -0.15) is 0 Å². The highest BCUT2D eigenvalue weighted by Crippen LogP contribution is 2.27. The molecule has 0 saturated carbocycles. The number of hydrogen-bond donors (Lipinski definition) is 0. The number of benzene rings is 1. The third-order valence-corrected chi connectivity index (χ3v) is 3.76. The van der Waals surface area contributed by atoms with Gasteiger partial charge in [0.2, 0.25) is 0 Å². The van der Waals surface area contributed by atoms with Gasteiger partial charge in [0, 0.05) is 6.92 Å². The number of ether oxygens (including phenoxy) is 1. The number of hydrogen-bond acceptors (Lipinski definition) is 2. The highest BCUT2D eigenvalue weighted by molar-refractivity contribution is 5.66. The summed E-state index contributed by atoms with van der Waals surface area (Å²) in [5, 5.41) is 0. The average Bonchev–Trinajstić information content (AvgIpc) is 2.36. The Bertz CT molecular complexity index is 406. The van der Waals surface area contributed by atoms with Crippen LogP contribution in [0.2, 0.25) is 0 Å². The SMILES string of the molecule is CCC[N+](C)(C)C(C)C(OC(C)=O)c1ccccc1.[I-]. The van der Waals surface area contributed by atoms with Gasteiger partial charge in [0.15, 0.2) is 6.10 Å². The van der Waals surface area contributed by atoms with Gasteiger partial charge in [0.25, 0.3) is 0 Å². The number of carbonyl (C=O) groups excluding carboxylic acids is 1. The minimum absolute atomic E-state index is 0. The largest absolute Gasteiger partial charge is 1.00 e. The summed E-state index contributed by atoms with van der Waals surface area (Å²) in [7, 11) is 4.38.